The summed E-state index contributed by atoms with van der Waals surface area (Å²) in [4.78, 5) is 51.4. The number of hydrogen-bond donors (Lipinski definition) is 1. The number of amides is 2. The number of fused-ring (bicyclic) bond motifs is 3. The number of carbonyl (C=O) groups is 4. The largest absolute Gasteiger partial charge is 0.497 e. The molecule has 2 aromatic rings. The van der Waals surface area contributed by atoms with Crippen molar-refractivity contribution < 1.29 is 46.9 Å². The van der Waals surface area contributed by atoms with E-state index in [1.54, 1.807) is 7.11 Å². The van der Waals surface area contributed by atoms with Gasteiger partial charge in [0.1, 0.15) is 11.3 Å². The Balaban J connectivity index is 0.000000448. The van der Waals surface area contributed by atoms with Crippen molar-refractivity contribution in [3.8, 4) is 16.9 Å². The van der Waals surface area contributed by atoms with Crippen LogP contribution in [0.3, 0.4) is 0 Å². The highest BCUT2D eigenvalue weighted by Crippen LogP contribution is 2.59. The smallest absolute Gasteiger partial charge is 0.490 e. The minimum atomic E-state index is -5.08. The lowest BCUT2D eigenvalue weighted by Gasteiger charge is -2.35. The molecule has 0 bridgehead atoms. The standard InChI is InChI=1S/C25H26N2O5.C2HF3O2/c1-26-22(28)19-20(23(26)29)25(24(30)32-3)13-4-14-27(25)21(19)17-7-5-15(6-8-17)16-9-11-18(31-2)12-10-16;3-2(4,5)1(6)7/h5-12,19-21H,4,13-14H2,1-3H3;(H,6,7)/t19?,20?,21?,25-;/m0./s1. The van der Waals surface area contributed by atoms with Gasteiger partial charge in [-0.15, -0.1) is 0 Å². The van der Waals surface area contributed by atoms with Gasteiger partial charge in [-0.05, 0) is 48.2 Å². The number of imide groups is 1. The van der Waals surface area contributed by atoms with E-state index >= 15 is 0 Å². The predicted molar refractivity (Wildman–Crippen MR) is 130 cm³/mol. The molecule has 0 radical (unpaired) electrons. The van der Waals surface area contributed by atoms with Crippen molar-refractivity contribution in [1.29, 1.82) is 0 Å². The van der Waals surface area contributed by atoms with Crippen LogP contribution < -0.4 is 4.74 Å². The Labute approximate surface area is 222 Å². The number of halogens is 3. The number of benzene rings is 2. The van der Waals surface area contributed by atoms with Crippen LogP contribution >= 0.6 is 0 Å². The van der Waals surface area contributed by atoms with Gasteiger partial charge in [-0.25, -0.2) is 4.79 Å². The summed E-state index contributed by atoms with van der Waals surface area (Å²) in [5.74, 6) is -4.17. The fourth-order valence-electron chi connectivity index (χ4n) is 6.00. The summed E-state index contributed by atoms with van der Waals surface area (Å²) in [6.07, 6.45) is -3.78. The van der Waals surface area contributed by atoms with Gasteiger partial charge in [-0.1, -0.05) is 36.4 Å². The monoisotopic (exact) mass is 548 g/mol. The molecule has 3 heterocycles. The summed E-state index contributed by atoms with van der Waals surface area (Å²) < 4.78 is 42.1. The van der Waals surface area contributed by atoms with E-state index in [2.05, 4.69) is 4.90 Å². The number of esters is 1. The van der Waals surface area contributed by atoms with Crippen LogP contribution in [0, 0.1) is 11.8 Å². The first-order valence-corrected chi connectivity index (χ1v) is 12.1. The first kappa shape index (κ1) is 28.1. The molecule has 3 unspecified atom stereocenters. The van der Waals surface area contributed by atoms with Crippen molar-refractivity contribution in [2.45, 2.75) is 30.6 Å². The normalized spacial score (nSPS) is 26.0. The van der Waals surface area contributed by atoms with Gasteiger partial charge < -0.3 is 14.6 Å². The highest BCUT2D eigenvalue weighted by Gasteiger charge is 2.72. The molecule has 3 saturated heterocycles. The molecule has 2 amide bonds. The highest BCUT2D eigenvalue weighted by atomic mass is 19.4. The van der Waals surface area contributed by atoms with E-state index in [4.69, 9.17) is 19.4 Å². The summed E-state index contributed by atoms with van der Waals surface area (Å²) in [5.41, 5.74) is 1.95. The molecule has 3 aliphatic heterocycles. The summed E-state index contributed by atoms with van der Waals surface area (Å²) in [7, 11) is 4.50. The van der Waals surface area contributed by atoms with Gasteiger partial charge in [0.15, 0.2) is 0 Å². The zero-order chi connectivity index (χ0) is 28.7. The Morgan fingerprint density at radius 3 is 2.00 bits per heavy atom. The van der Waals surface area contributed by atoms with Crippen LogP contribution in [-0.4, -0.2) is 78.2 Å². The number of hydrogen-bond acceptors (Lipinski definition) is 7. The van der Waals surface area contributed by atoms with E-state index in [1.807, 2.05) is 48.5 Å². The minimum Gasteiger partial charge on any atom is -0.497 e. The molecule has 0 saturated carbocycles. The number of rotatable bonds is 4. The second-order valence-electron chi connectivity index (χ2n) is 9.55. The zero-order valence-electron chi connectivity index (χ0n) is 21.4. The van der Waals surface area contributed by atoms with Crippen LogP contribution in [0.2, 0.25) is 0 Å². The Bertz CT molecular complexity index is 1280. The lowest BCUT2D eigenvalue weighted by atomic mass is 9.77. The molecule has 4 atom stereocenters. The molecule has 0 aliphatic carbocycles. The number of ether oxygens (including phenoxy) is 2. The van der Waals surface area contributed by atoms with Crippen molar-refractivity contribution >= 4 is 23.8 Å². The van der Waals surface area contributed by atoms with Gasteiger partial charge in [0.05, 0.1) is 26.1 Å². The fraction of sp³-hybridized carbons (Fsp3) is 0.407. The number of likely N-dealkylation sites (tertiary alicyclic amines) is 1. The van der Waals surface area contributed by atoms with Gasteiger partial charge >= 0.3 is 18.1 Å². The molecule has 0 spiro atoms. The average molecular weight is 549 g/mol. The number of carboxylic acids is 1. The van der Waals surface area contributed by atoms with Gasteiger partial charge in [-0.2, -0.15) is 13.2 Å². The van der Waals surface area contributed by atoms with E-state index in [1.165, 1.54) is 19.1 Å². The molecule has 12 heteroatoms. The molecule has 2 aromatic carbocycles. The third kappa shape index (κ3) is 4.62. The van der Waals surface area contributed by atoms with Crippen LogP contribution in [0.25, 0.3) is 11.1 Å². The second-order valence-corrected chi connectivity index (χ2v) is 9.55. The lowest BCUT2D eigenvalue weighted by Crippen LogP contribution is -2.54. The third-order valence-corrected chi connectivity index (χ3v) is 7.69. The van der Waals surface area contributed by atoms with E-state index in [0.29, 0.717) is 13.0 Å². The highest BCUT2D eigenvalue weighted by molar-refractivity contribution is 6.09. The topological polar surface area (TPSA) is 113 Å². The maximum absolute atomic E-state index is 13.1. The molecular weight excluding hydrogens is 521 g/mol. The number of carbonyl (C=O) groups excluding carboxylic acids is 3. The second kappa shape index (κ2) is 10.3. The summed E-state index contributed by atoms with van der Waals surface area (Å²) in [6.45, 7) is 0.650. The molecule has 0 aromatic heterocycles. The summed E-state index contributed by atoms with van der Waals surface area (Å²) in [6, 6.07) is 15.5. The van der Waals surface area contributed by atoms with Crippen molar-refractivity contribution in [2.75, 3.05) is 27.8 Å². The van der Waals surface area contributed by atoms with Crippen LogP contribution in [0.4, 0.5) is 13.2 Å². The van der Waals surface area contributed by atoms with Gasteiger partial charge in [0.2, 0.25) is 11.8 Å². The summed E-state index contributed by atoms with van der Waals surface area (Å²) in [5, 5.41) is 7.12. The SMILES string of the molecule is COC(=O)[C@@]12CCCN1C(c1ccc(-c3ccc(OC)cc3)cc1)C1C(=O)N(C)C(=O)C12.O=C(O)C(F)(F)F. The molecule has 3 fully saturated rings. The molecular formula is C27H27F3N2O7. The van der Waals surface area contributed by atoms with Crippen molar-refractivity contribution in [2.24, 2.45) is 11.8 Å². The molecule has 208 valence electrons. The quantitative estimate of drug-likeness (QED) is 0.458. The van der Waals surface area contributed by atoms with Gasteiger partial charge in [0.25, 0.3) is 0 Å². The lowest BCUT2D eigenvalue weighted by molar-refractivity contribution is -0.192. The van der Waals surface area contributed by atoms with E-state index in [-0.39, 0.29) is 17.9 Å². The van der Waals surface area contributed by atoms with E-state index < -0.39 is 35.5 Å². The first-order valence-electron chi connectivity index (χ1n) is 12.1. The zero-order valence-corrected chi connectivity index (χ0v) is 21.4. The predicted octanol–water partition coefficient (Wildman–Crippen LogP) is 3.29. The van der Waals surface area contributed by atoms with Crippen molar-refractivity contribution in [3.63, 3.8) is 0 Å². The van der Waals surface area contributed by atoms with Crippen molar-refractivity contribution in [3.05, 3.63) is 54.1 Å². The van der Waals surface area contributed by atoms with E-state index in [0.717, 1.165) is 28.9 Å². The molecule has 39 heavy (non-hydrogen) atoms. The molecule has 9 nitrogen and oxygen atoms in total. The number of aliphatic carboxylic acids is 1. The van der Waals surface area contributed by atoms with Crippen LogP contribution in [0.1, 0.15) is 24.4 Å². The minimum absolute atomic E-state index is 0.220. The maximum Gasteiger partial charge on any atom is 0.490 e. The number of methoxy groups -OCH3 is 2. The number of carboxylic acid groups (broad SMARTS) is 1. The Morgan fingerprint density at radius 1 is 0.974 bits per heavy atom. The Kier molecular flexibility index (Phi) is 7.44. The van der Waals surface area contributed by atoms with Crippen LogP contribution in [0.15, 0.2) is 48.5 Å². The number of alkyl halides is 3. The average Bonchev–Trinajstić information content (AvgIpc) is 3.54. The first-order chi connectivity index (χ1) is 18.4. The fourth-order valence-corrected chi connectivity index (χ4v) is 6.00. The number of nitrogens with zero attached hydrogens (tertiary/aromatic N) is 2. The third-order valence-electron chi connectivity index (χ3n) is 7.69. The van der Waals surface area contributed by atoms with Gasteiger partial charge in [-0.3, -0.25) is 24.2 Å². The van der Waals surface area contributed by atoms with Gasteiger partial charge in [0, 0.05) is 13.1 Å². The molecule has 5 rings (SSSR count). The van der Waals surface area contributed by atoms with Crippen LogP contribution in [0.5, 0.6) is 5.75 Å². The molecule has 1 N–H and O–H groups in total. The summed E-state index contributed by atoms with van der Waals surface area (Å²) >= 11 is 0. The maximum atomic E-state index is 13.1. The Morgan fingerprint density at radius 2 is 1.51 bits per heavy atom. The van der Waals surface area contributed by atoms with E-state index in [9.17, 15) is 27.6 Å². The Hall–Kier alpha value is -3.93. The van der Waals surface area contributed by atoms with Crippen LogP contribution in [-0.2, 0) is 23.9 Å². The van der Waals surface area contributed by atoms with Crippen molar-refractivity contribution in [1.82, 2.24) is 9.80 Å². The molecule has 3 aliphatic rings.